The second-order valence-corrected chi connectivity index (χ2v) is 12.9. The van der Waals surface area contributed by atoms with Crippen LogP contribution in [-0.4, -0.2) is 95.8 Å². The quantitative estimate of drug-likeness (QED) is 0.490. The number of esters is 1. The molecule has 3 amide bonds. The molecule has 5 rings (SSSR count). The number of carbonyl (C=O) groups excluding carboxylic acids is 4. The smallest absolute Gasteiger partial charge is 0.338 e. The molecule has 2 saturated heterocycles. The van der Waals surface area contributed by atoms with Crippen molar-refractivity contribution in [3.8, 4) is 0 Å². The molecule has 43 heavy (non-hydrogen) atoms. The number of carbonyl (C=O) groups is 4. The van der Waals surface area contributed by atoms with Crippen molar-refractivity contribution in [2.24, 2.45) is 10.8 Å². The van der Waals surface area contributed by atoms with Crippen molar-refractivity contribution in [2.45, 2.75) is 59.9 Å². The fourth-order valence-electron chi connectivity index (χ4n) is 6.34. The largest absolute Gasteiger partial charge is 0.462 e. The lowest BCUT2D eigenvalue weighted by molar-refractivity contribution is -0.130. The molecule has 232 valence electrons. The summed E-state index contributed by atoms with van der Waals surface area (Å²) in [7, 11) is 0. The van der Waals surface area contributed by atoms with Gasteiger partial charge in [-0.05, 0) is 49.8 Å². The zero-order valence-corrected chi connectivity index (χ0v) is 25.7. The maximum absolute atomic E-state index is 13.2. The second kappa shape index (κ2) is 12.5. The number of nitrogens with zero attached hydrogens (tertiary/aromatic N) is 4. The number of aryl methyl sites for hydroxylation is 1. The molecule has 0 atom stereocenters. The summed E-state index contributed by atoms with van der Waals surface area (Å²) in [5.41, 5.74) is 2.73. The number of nitrogens with one attached hydrogen (secondary N) is 1. The summed E-state index contributed by atoms with van der Waals surface area (Å²) < 4.78 is 13.2. The summed E-state index contributed by atoms with van der Waals surface area (Å²) in [6.07, 6.45) is 3.09. The highest BCUT2D eigenvalue weighted by atomic mass is 16.5. The van der Waals surface area contributed by atoms with Crippen molar-refractivity contribution in [3.63, 3.8) is 0 Å². The minimum Gasteiger partial charge on any atom is -0.462 e. The third kappa shape index (κ3) is 6.76. The summed E-state index contributed by atoms with van der Waals surface area (Å²) >= 11 is 0. The Labute approximate surface area is 252 Å². The van der Waals surface area contributed by atoms with Gasteiger partial charge in [0.1, 0.15) is 5.69 Å². The van der Waals surface area contributed by atoms with E-state index in [1.807, 2.05) is 20.8 Å². The van der Waals surface area contributed by atoms with E-state index in [2.05, 4.69) is 5.32 Å². The van der Waals surface area contributed by atoms with Gasteiger partial charge in [-0.15, -0.1) is 0 Å². The number of fused-ring (bicyclic) bond motifs is 1. The molecule has 0 radical (unpaired) electrons. The number of amides is 3. The van der Waals surface area contributed by atoms with Gasteiger partial charge in [0.05, 0.1) is 17.9 Å². The van der Waals surface area contributed by atoms with E-state index < -0.39 is 11.4 Å². The van der Waals surface area contributed by atoms with E-state index in [0.29, 0.717) is 75.7 Å². The normalized spacial score (nSPS) is 18.6. The summed E-state index contributed by atoms with van der Waals surface area (Å²) in [4.78, 5) is 54.4. The van der Waals surface area contributed by atoms with Crippen LogP contribution in [0.1, 0.15) is 83.0 Å². The molecule has 1 N–H and O–H groups in total. The maximum Gasteiger partial charge on any atom is 0.338 e. The molecule has 2 aromatic rings. The predicted octanol–water partition coefficient (Wildman–Crippen LogP) is 2.72. The first-order valence-electron chi connectivity index (χ1n) is 15.3. The number of hydrogen-bond donors (Lipinski definition) is 1. The summed E-state index contributed by atoms with van der Waals surface area (Å²) in [5, 5.41) is 8.00. The average molecular weight is 594 g/mol. The van der Waals surface area contributed by atoms with Crippen molar-refractivity contribution in [3.05, 3.63) is 52.3 Å². The molecule has 0 unspecified atom stereocenters. The van der Waals surface area contributed by atoms with Crippen LogP contribution in [-0.2, 0) is 33.7 Å². The van der Waals surface area contributed by atoms with Gasteiger partial charge in [-0.2, -0.15) is 5.10 Å². The molecule has 0 bridgehead atoms. The molecule has 3 aliphatic rings. The topological polar surface area (TPSA) is 123 Å². The SMILES string of the molecule is CCn1nc(CC(C)(C)COC(=O)c2cccc(C(=O)N3CCN(C(C)=O)CC3)c2)c2c1C(=O)NCC1(CCOCC1)C2. The lowest BCUT2D eigenvalue weighted by Crippen LogP contribution is -2.50. The van der Waals surface area contributed by atoms with E-state index in [9.17, 15) is 19.2 Å². The van der Waals surface area contributed by atoms with Crippen LogP contribution in [0.2, 0.25) is 0 Å². The predicted molar refractivity (Wildman–Crippen MR) is 159 cm³/mol. The molecule has 4 heterocycles. The van der Waals surface area contributed by atoms with Crippen LogP contribution in [0, 0.1) is 10.8 Å². The molecule has 11 heteroatoms. The number of benzene rings is 1. The fraction of sp³-hybridized carbons (Fsp3) is 0.594. The van der Waals surface area contributed by atoms with Crippen LogP contribution < -0.4 is 5.32 Å². The van der Waals surface area contributed by atoms with Crippen LogP contribution in [0.5, 0.6) is 0 Å². The van der Waals surface area contributed by atoms with Crippen molar-refractivity contribution in [2.75, 3.05) is 52.5 Å². The molecule has 2 fully saturated rings. The van der Waals surface area contributed by atoms with Crippen molar-refractivity contribution in [1.29, 1.82) is 0 Å². The molecule has 0 saturated carbocycles. The van der Waals surface area contributed by atoms with E-state index in [1.165, 1.54) is 6.92 Å². The Balaban J connectivity index is 1.25. The van der Waals surface area contributed by atoms with E-state index in [1.54, 1.807) is 38.7 Å². The van der Waals surface area contributed by atoms with Crippen LogP contribution in [0.25, 0.3) is 0 Å². The van der Waals surface area contributed by atoms with Gasteiger partial charge in [-0.25, -0.2) is 4.79 Å². The molecule has 1 spiro atoms. The Morgan fingerprint density at radius 2 is 1.74 bits per heavy atom. The molecule has 3 aliphatic heterocycles. The number of piperazine rings is 1. The highest BCUT2D eigenvalue weighted by Crippen LogP contribution is 2.39. The molecule has 11 nitrogen and oxygen atoms in total. The number of ether oxygens (including phenoxy) is 2. The van der Waals surface area contributed by atoms with Crippen LogP contribution in [0.15, 0.2) is 24.3 Å². The standard InChI is InChI=1S/C32H43N5O6/c1-5-37-27-25(18-32(20-33-28(27)39)9-15-42-16-10-32)26(34-37)19-31(3,4)21-43-30(41)24-8-6-7-23(17-24)29(40)36-13-11-35(12-14-36)22(2)38/h6-8,17H,5,9-16,18-21H2,1-4H3,(H,33,39). The molecular weight excluding hydrogens is 550 g/mol. The molecular formula is C32H43N5O6. The molecule has 1 aromatic heterocycles. The first-order chi connectivity index (χ1) is 20.5. The Kier molecular flexibility index (Phi) is 8.91. The third-order valence-electron chi connectivity index (χ3n) is 8.97. The van der Waals surface area contributed by atoms with E-state index >= 15 is 0 Å². The monoisotopic (exact) mass is 593 g/mol. The van der Waals surface area contributed by atoms with E-state index in [4.69, 9.17) is 14.6 Å². The van der Waals surface area contributed by atoms with Gasteiger partial charge in [0.25, 0.3) is 11.8 Å². The maximum atomic E-state index is 13.2. The Morgan fingerprint density at radius 3 is 2.42 bits per heavy atom. The number of hydrogen-bond acceptors (Lipinski definition) is 7. The van der Waals surface area contributed by atoms with Gasteiger partial charge in [0.15, 0.2) is 0 Å². The van der Waals surface area contributed by atoms with Crippen molar-refractivity contribution < 1.29 is 28.7 Å². The zero-order chi connectivity index (χ0) is 30.8. The summed E-state index contributed by atoms with van der Waals surface area (Å²) in [6, 6.07) is 6.60. The summed E-state index contributed by atoms with van der Waals surface area (Å²) in [6.45, 7) is 12.2. The fourth-order valence-corrected chi connectivity index (χ4v) is 6.34. The first-order valence-corrected chi connectivity index (χ1v) is 15.3. The van der Waals surface area contributed by atoms with Crippen molar-refractivity contribution in [1.82, 2.24) is 24.9 Å². The Bertz CT molecular complexity index is 1380. The average Bonchev–Trinajstić information content (AvgIpc) is 3.27. The van der Waals surface area contributed by atoms with E-state index in [0.717, 1.165) is 30.5 Å². The third-order valence-corrected chi connectivity index (χ3v) is 8.97. The highest BCUT2D eigenvalue weighted by Gasteiger charge is 2.40. The second-order valence-electron chi connectivity index (χ2n) is 12.9. The molecule has 1 aromatic carbocycles. The van der Waals surface area contributed by atoms with Gasteiger partial charge >= 0.3 is 5.97 Å². The molecule has 0 aliphatic carbocycles. The minimum absolute atomic E-state index is 0.00241. The minimum atomic E-state index is -0.498. The lowest BCUT2D eigenvalue weighted by Gasteiger charge is -2.36. The summed E-state index contributed by atoms with van der Waals surface area (Å²) in [5.74, 6) is -0.750. The zero-order valence-electron chi connectivity index (χ0n) is 25.7. The van der Waals surface area contributed by atoms with Crippen molar-refractivity contribution >= 4 is 23.7 Å². The van der Waals surface area contributed by atoms with Crippen LogP contribution in [0.4, 0.5) is 0 Å². The van der Waals surface area contributed by atoms with Gasteiger partial charge in [0.2, 0.25) is 5.91 Å². The van der Waals surface area contributed by atoms with Crippen LogP contribution >= 0.6 is 0 Å². The lowest BCUT2D eigenvalue weighted by atomic mass is 9.74. The van der Waals surface area contributed by atoms with Gasteiger partial charge in [-0.1, -0.05) is 19.9 Å². The van der Waals surface area contributed by atoms with E-state index in [-0.39, 0.29) is 29.7 Å². The first kappa shape index (κ1) is 30.7. The number of aromatic nitrogens is 2. The van der Waals surface area contributed by atoms with Crippen LogP contribution in [0.3, 0.4) is 0 Å². The Hall–Kier alpha value is -3.73. The number of rotatable bonds is 7. The van der Waals surface area contributed by atoms with Gasteiger partial charge < -0.3 is 24.6 Å². The van der Waals surface area contributed by atoms with Gasteiger partial charge in [0, 0.05) is 82.4 Å². The van der Waals surface area contributed by atoms with Gasteiger partial charge in [-0.3, -0.25) is 19.1 Å². The highest BCUT2D eigenvalue weighted by molar-refractivity contribution is 5.98. The Morgan fingerprint density at radius 1 is 1.07 bits per heavy atom.